The van der Waals surface area contributed by atoms with Gasteiger partial charge in [0.15, 0.2) is 23.0 Å². The highest BCUT2D eigenvalue weighted by Crippen LogP contribution is 2.32. The summed E-state index contributed by atoms with van der Waals surface area (Å²) in [6.07, 6.45) is 1.84. The van der Waals surface area contributed by atoms with Gasteiger partial charge in [-0.3, -0.25) is 4.79 Å². The van der Waals surface area contributed by atoms with Crippen LogP contribution in [-0.4, -0.2) is 39.4 Å². The Morgan fingerprint density at radius 2 is 1.97 bits per heavy atom. The normalized spacial score (nSPS) is 13.2. The van der Waals surface area contributed by atoms with E-state index in [4.69, 9.17) is 14.2 Å². The number of amides is 1. The largest absolute Gasteiger partial charge is 0.497 e. The topological polar surface area (TPSA) is 99.9 Å². The summed E-state index contributed by atoms with van der Waals surface area (Å²) >= 11 is 0. The van der Waals surface area contributed by atoms with E-state index in [-0.39, 0.29) is 25.2 Å². The maximum atomic E-state index is 12.5. The Bertz CT molecular complexity index is 1290. The number of rotatable bonds is 6. The summed E-state index contributed by atoms with van der Waals surface area (Å²) in [4.78, 5) is 21.6. The smallest absolute Gasteiger partial charge is 0.231 e. The van der Waals surface area contributed by atoms with Crippen molar-refractivity contribution in [3.8, 4) is 28.5 Å². The molecule has 0 spiro atoms. The quantitative estimate of drug-likeness (QED) is 0.501. The maximum absolute atomic E-state index is 12.5. The molecule has 0 aliphatic carbocycles. The van der Waals surface area contributed by atoms with Crippen molar-refractivity contribution in [1.29, 1.82) is 0 Å². The highest BCUT2D eigenvalue weighted by atomic mass is 16.7. The Hall–Kier alpha value is -4.14. The summed E-state index contributed by atoms with van der Waals surface area (Å²) in [5, 5.41) is 7.40. The lowest BCUT2D eigenvalue weighted by molar-refractivity contribution is -0.121. The van der Waals surface area contributed by atoms with Gasteiger partial charge in [0.1, 0.15) is 12.1 Å². The Kier molecular flexibility index (Phi) is 5.06. The first-order chi connectivity index (χ1) is 15.6. The van der Waals surface area contributed by atoms with Gasteiger partial charge in [-0.05, 0) is 48.9 Å². The van der Waals surface area contributed by atoms with Crippen LogP contribution in [0.3, 0.4) is 0 Å². The zero-order valence-electron chi connectivity index (χ0n) is 17.6. The first kappa shape index (κ1) is 19.8. The van der Waals surface area contributed by atoms with Gasteiger partial charge in [-0.2, -0.15) is 0 Å². The molecule has 1 aliphatic rings. The fourth-order valence-corrected chi connectivity index (χ4v) is 3.51. The Labute approximate surface area is 184 Å². The number of fused-ring (bicyclic) bond motifs is 2. The summed E-state index contributed by atoms with van der Waals surface area (Å²) in [5.74, 6) is 2.51. The number of nitrogens with one attached hydrogen (secondary N) is 1. The third-order valence-corrected chi connectivity index (χ3v) is 5.20. The van der Waals surface area contributed by atoms with E-state index in [9.17, 15) is 4.79 Å². The molecule has 4 aromatic rings. The van der Waals surface area contributed by atoms with Gasteiger partial charge in [-0.15, -0.1) is 5.10 Å². The number of ether oxygens (including phenoxy) is 3. The third kappa shape index (κ3) is 3.92. The van der Waals surface area contributed by atoms with Crippen LogP contribution in [0.1, 0.15) is 24.4 Å². The number of hydrogen-bond donors (Lipinski definition) is 1. The Balaban J connectivity index is 1.28. The number of methoxy groups -OCH3 is 1. The van der Waals surface area contributed by atoms with Crippen molar-refractivity contribution in [2.75, 3.05) is 13.9 Å². The van der Waals surface area contributed by atoms with E-state index in [1.807, 2.05) is 55.5 Å². The molecular weight excluding hydrogens is 410 g/mol. The van der Waals surface area contributed by atoms with Gasteiger partial charge >= 0.3 is 0 Å². The lowest BCUT2D eigenvalue weighted by Gasteiger charge is -2.10. The van der Waals surface area contributed by atoms with Crippen molar-refractivity contribution >= 4 is 11.6 Å². The second-order valence-corrected chi connectivity index (χ2v) is 7.43. The summed E-state index contributed by atoms with van der Waals surface area (Å²) in [7, 11) is 1.63. The fourth-order valence-electron chi connectivity index (χ4n) is 3.51. The van der Waals surface area contributed by atoms with Crippen molar-refractivity contribution in [1.82, 2.24) is 24.9 Å². The summed E-state index contributed by atoms with van der Waals surface area (Å²) in [6.45, 7) is 2.06. The molecule has 0 unspecified atom stereocenters. The predicted octanol–water partition coefficient (Wildman–Crippen LogP) is 2.95. The summed E-state index contributed by atoms with van der Waals surface area (Å²) in [6, 6.07) is 14.6. The molecule has 2 aromatic heterocycles. The lowest BCUT2D eigenvalue weighted by atomic mass is 10.1. The SMILES string of the molecule is COc1ccc(-c2cc3nc([C@@H](C)NC(=O)Cc4ccc5c(c4)OCO5)nn3cn2)cc1. The molecule has 5 rings (SSSR count). The summed E-state index contributed by atoms with van der Waals surface area (Å²) < 4.78 is 17.5. The minimum Gasteiger partial charge on any atom is -0.497 e. The molecule has 0 radical (unpaired) electrons. The number of nitrogens with zero attached hydrogens (tertiary/aromatic N) is 4. The van der Waals surface area contributed by atoms with Gasteiger partial charge < -0.3 is 19.5 Å². The van der Waals surface area contributed by atoms with E-state index >= 15 is 0 Å². The van der Waals surface area contributed by atoms with Gasteiger partial charge in [0.05, 0.1) is 25.3 Å². The van der Waals surface area contributed by atoms with Crippen LogP contribution in [0.15, 0.2) is 54.9 Å². The van der Waals surface area contributed by atoms with Gasteiger partial charge in [-0.1, -0.05) is 6.07 Å². The van der Waals surface area contributed by atoms with Crippen molar-refractivity contribution in [3.05, 3.63) is 66.2 Å². The molecule has 1 atom stereocenters. The first-order valence-corrected chi connectivity index (χ1v) is 10.1. The van der Waals surface area contributed by atoms with Gasteiger partial charge in [0.2, 0.25) is 12.7 Å². The Morgan fingerprint density at radius 3 is 2.78 bits per heavy atom. The average Bonchev–Trinajstić information content (AvgIpc) is 3.45. The second kappa shape index (κ2) is 8.18. The number of aromatic nitrogens is 4. The van der Waals surface area contributed by atoms with Crippen molar-refractivity contribution in [2.45, 2.75) is 19.4 Å². The van der Waals surface area contributed by atoms with E-state index in [0.29, 0.717) is 23.0 Å². The highest BCUT2D eigenvalue weighted by Gasteiger charge is 2.18. The predicted molar refractivity (Wildman–Crippen MR) is 116 cm³/mol. The van der Waals surface area contributed by atoms with Crippen LogP contribution in [0.25, 0.3) is 16.9 Å². The highest BCUT2D eigenvalue weighted by molar-refractivity contribution is 5.79. The maximum Gasteiger partial charge on any atom is 0.231 e. The van der Waals surface area contributed by atoms with Crippen molar-refractivity contribution in [2.24, 2.45) is 0 Å². The van der Waals surface area contributed by atoms with E-state index in [2.05, 4.69) is 20.4 Å². The molecule has 0 saturated carbocycles. The van der Waals surface area contributed by atoms with Gasteiger partial charge in [0, 0.05) is 11.6 Å². The molecule has 162 valence electrons. The van der Waals surface area contributed by atoms with Crippen LogP contribution >= 0.6 is 0 Å². The van der Waals surface area contributed by atoms with E-state index in [0.717, 1.165) is 22.6 Å². The molecule has 1 aliphatic heterocycles. The molecule has 1 N–H and O–H groups in total. The minimum absolute atomic E-state index is 0.132. The van der Waals surface area contributed by atoms with Crippen LogP contribution < -0.4 is 19.5 Å². The van der Waals surface area contributed by atoms with Crippen LogP contribution in [0.4, 0.5) is 0 Å². The molecule has 0 fully saturated rings. The molecule has 1 amide bonds. The second-order valence-electron chi connectivity index (χ2n) is 7.43. The van der Waals surface area contributed by atoms with Gasteiger partial charge in [-0.25, -0.2) is 14.5 Å². The van der Waals surface area contributed by atoms with E-state index in [1.54, 1.807) is 18.0 Å². The fraction of sp³-hybridized carbons (Fsp3) is 0.217. The molecule has 32 heavy (non-hydrogen) atoms. The molecule has 9 heteroatoms. The molecule has 3 heterocycles. The number of hydrogen-bond acceptors (Lipinski definition) is 7. The van der Waals surface area contributed by atoms with E-state index < -0.39 is 0 Å². The zero-order chi connectivity index (χ0) is 22.1. The molecule has 2 aromatic carbocycles. The molecule has 0 saturated heterocycles. The molecule has 9 nitrogen and oxygen atoms in total. The van der Waals surface area contributed by atoms with Crippen LogP contribution in [-0.2, 0) is 11.2 Å². The average molecular weight is 431 g/mol. The Morgan fingerprint density at radius 1 is 1.16 bits per heavy atom. The molecular formula is C23H21N5O4. The van der Waals surface area contributed by atoms with Crippen molar-refractivity contribution < 1.29 is 19.0 Å². The first-order valence-electron chi connectivity index (χ1n) is 10.1. The van der Waals surface area contributed by atoms with Crippen molar-refractivity contribution in [3.63, 3.8) is 0 Å². The minimum atomic E-state index is -0.360. The van der Waals surface area contributed by atoms with Crippen LogP contribution in [0.2, 0.25) is 0 Å². The monoisotopic (exact) mass is 431 g/mol. The zero-order valence-corrected chi connectivity index (χ0v) is 17.6. The standard InChI is InChI=1S/C23H21N5O4/c1-14(25-22(29)10-15-3-8-19-20(9-15)32-13-31-19)23-26-21-11-18(24-12-28(21)27-23)16-4-6-17(30-2)7-5-16/h3-9,11-12,14H,10,13H2,1-2H3,(H,25,29)/t14-/m1/s1. The molecule has 0 bridgehead atoms. The summed E-state index contributed by atoms with van der Waals surface area (Å²) in [5.41, 5.74) is 3.22. The van der Waals surface area contributed by atoms with Gasteiger partial charge in [0.25, 0.3) is 0 Å². The number of benzene rings is 2. The number of carbonyl (C=O) groups excluding carboxylic acids is 1. The van der Waals surface area contributed by atoms with Crippen LogP contribution in [0.5, 0.6) is 17.2 Å². The van der Waals surface area contributed by atoms with Crippen LogP contribution in [0, 0.1) is 0 Å². The lowest BCUT2D eigenvalue weighted by Crippen LogP contribution is -2.28. The third-order valence-electron chi connectivity index (χ3n) is 5.20. The van der Waals surface area contributed by atoms with E-state index in [1.165, 1.54) is 0 Å². The number of carbonyl (C=O) groups is 1.